The van der Waals surface area contributed by atoms with Gasteiger partial charge in [0.1, 0.15) is 5.75 Å². The first-order valence-electron chi connectivity index (χ1n) is 4.51. The van der Waals surface area contributed by atoms with E-state index in [0.29, 0.717) is 0 Å². The third-order valence-electron chi connectivity index (χ3n) is 1.83. The molecular formula is C11H14O3Si. The van der Waals surface area contributed by atoms with Crippen LogP contribution in [0.1, 0.15) is 5.56 Å². The molecule has 2 radical (unpaired) electrons. The topological polar surface area (TPSA) is 27.7 Å². The van der Waals surface area contributed by atoms with E-state index < -0.39 is 0 Å². The molecule has 1 aromatic rings. The molecule has 4 heteroatoms. The van der Waals surface area contributed by atoms with E-state index in [2.05, 4.69) is 6.58 Å². The van der Waals surface area contributed by atoms with Crippen molar-refractivity contribution in [3.63, 3.8) is 0 Å². The summed E-state index contributed by atoms with van der Waals surface area (Å²) in [6.07, 6.45) is 1.76. The molecule has 0 heterocycles. The van der Waals surface area contributed by atoms with Gasteiger partial charge in [0, 0.05) is 19.8 Å². The second-order valence-corrected chi connectivity index (χ2v) is 3.68. The van der Waals surface area contributed by atoms with Crippen LogP contribution in [0.25, 0.3) is 6.08 Å². The van der Waals surface area contributed by atoms with Gasteiger partial charge in [0.2, 0.25) is 0 Å². The lowest BCUT2D eigenvalue weighted by Gasteiger charge is -2.13. The number of methoxy groups -OCH3 is 2. The van der Waals surface area contributed by atoms with Crippen molar-refractivity contribution in [2.24, 2.45) is 0 Å². The van der Waals surface area contributed by atoms with Gasteiger partial charge in [-0.3, -0.25) is 0 Å². The molecule has 0 N–H and O–H groups in total. The zero-order valence-electron chi connectivity index (χ0n) is 8.90. The Bertz CT molecular complexity index is 310. The Labute approximate surface area is 92.6 Å². The van der Waals surface area contributed by atoms with Crippen LogP contribution in [0.4, 0.5) is 0 Å². The Hall–Kier alpha value is -1.10. The average molecular weight is 222 g/mol. The lowest BCUT2D eigenvalue weighted by molar-refractivity contribution is -0.0492. The van der Waals surface area contributed by atoms with Crippen LogP contribution in [0.2, 0.25) is 0 Å². The van der Waals surface area contributed by atoms with Crippen LogP contribution in [0.15, 0.2) is 30.8 Å². The summed E-state index contributed by atoms with van der Waals surface area (Å²) in [4.78, 5) is 0. The molecule has 0 atom stereocenters. The maximum absolute atomic E-state index is 5.58. The largest absolute Gasteiger partial charge is 0.535 e. The molecule has 0 aliphatic heterocycles. The fourth-order valence-electron chi connectivity index (χ4n) is 1.05. The second kappa shape index (κ2) is 6.39. The average Bonchev–Trinajstić information content (AvgIpc) is 2.31. The van der Waals surface area contributed by atoms with Crippen molar-refractivity contribution in [2.75, 3.05) is 14.2 Å². The van der Waals surface area contributed by atoms with Gasteiger partial charge in [0.25, 0.3) is 0 Å². The second-order valence-electron chi connectivity index (χ2n) is 2.77. The van der Waals surface area contributed by atoms with Crippen LogP contribution >= 0.6 is 0 Å². The monoisotopic (exact) mass is 222 g/mol. The van der Waals surface area contributed by atoms with Crippen molar-refractivity contribution in [1.82, 2.24) is 0 Å². The zero-order chi connectivity index (χ0) is 11.1. The molecule has 0 unspecified atom stereocenters. The first-order valence-corrected chi connectivity index (χ1v) is 5.49. The highest BCUT2D eigenvalue weighted by Crippen LogP contribution is 2.18. The van der Waals surface area contributed by atoms with Gasteiger partial charge >= 0.3 is 9.76 Å². The number of ether oxygens (including phenoxy) is 2. The molecular weight excluding hydrogens is 208 g/mol. The Morgan fingerprint density at radius 2 is 1.93 bits per heavy atom. The summed E-state index contributed by atoms with van der Waals surface area (Å²) in [7, 11) is 3.28. The maximum atomic E-state index is 5.58. The Kier molecular flexibility index (Phi) is 5.10. The normalized spacial score (nSPS) is 10.3. The van der Waals surface area contributed by atoms with Crippen LogP contribution in [0, 0.1) is 0 Å². The summed E-state index contributed by atoms with van der Waals surface area (Å²) in [6.45, 7) is 3.72. The minimum Gasteiger partial charge on any atom is -0.535 e. The highest BCUT2D eigenvalue weighted by molar-refractivity contribution is 6.29. The predicted octanol–water partition coefficient (Wildman–Crippen LogP) is 1.90. The van der Waals surface area contributed by atoms with Gasteiger partial charge in [-0.2, -0.15) is 0 Å². The van der Waals surface area contributed by atoms with E-state index >= 15 is 0 Å². The first kappa shape index (κ1) is 12.0. The predicted molar refractivity (Wildman–Crippen MR) is 60.7 cm³/mol. The van der Waals surface area contributed by atoms with Gasteiger partial charge in [-0.15, -0.1) is 0 Å². The molecule has 0 bridgehead atoms. The molecule has 1 aromatic carbocycles. The van der Waals surface area contributed by atoms with Gasteiger partial charge in [-0.1, -0.05) is 30.9 Å². The molecule has 80 valence electrons. The van der Waals surface area contributed by atoms with Crippen LogP contribution in [-0.2, 0) is 9.47 Å². The third kappa shape index (κ3) is 3.51. The summed E-state index contributed by atoms with van der Waals surface area (Å²) in [5.41, 5.74) is 0.968. The van der Waals surface area contributed by atoms with E-state index in [9.17, 15) is 0 Å². The van der Waals surface area contributed by atoms with Gasteiger partial charge in [0.05, 0.1) is 0 Å². The van der Waals surface area contributed by atoms with E-state index in [4.69, 9.17) is 13.9 Å². The SMILES string of the molecule is C=Cc1ccccc1O[Si]C(OC)OC. The fourth-order valence-corrected chi connectivity index (χ4v) is 1.65. The van der Waals surface area contributed by atoms with Gasteiger partial charge in [0.15, 0.2) is 5.91 Å². The quantitative estimate of drug-likeness (QED) is 0.543. The minimum absolute atomic E-state index is 0.108. The van der Waals surface area contributed by atoms with E-state index in [-0.39, 0.29) is 15.7 Å². The first-order chi connectivity index (χ1) is 7.31. The standard InChI is InChI=1S/C11H14O3Si/c1-4-9-7-5-6-8-10(9)14-15-11(12-2)13-3/h4-8,11H,1H2,2-3H3. The van der Waals surface area contributed by atoms with Crippen molar-refractivity contribution in [3.8, 4) is 5.75 Å². The molecule has 0 fully saturated rings. The minimum atomic E-state index is -0.317. The molecule has 0 amide bonds. The summed E-state index contributed by atoms with van der Waals surface area (Å²) in [6, 6.07) is 7.70. The molecule has 0 aliphatic rings. The molecule has 3 nitrogen and oxygen atoms in total. The summed E-state index contributed by atoms with van der Waals surface area (Å²) in [5, 5.41) is 0. The highest BCUT2D eigenvalue weighted by Gasteiger charge is 2.11. The lowest BCUT2D eigenvalue weighted by atomic mass is 10.2. The summed E-state index contributed by atoms with van der Waals surface area (Å²) in [5.74, 6) is 0.479. The number of hydrogen-bond acceptors (Lipinski definition) is 3. The molecule has 1 rings (SSSR count). The van der Waals surface area contributed by atoms with Crippen LogP contribution < -0.4 is 4.43 Å². The Morgan fingerprint density at radius 3 is 2.53 bits per heavy atom. The van der Waals surface area contributed by atoms with Crippen LogP contribution in [-0.4, -0.2) is 29.9 Å². The number of benzene rings is 1. The van der Waals surface area contributed by atoms with E-state index in [0.717, 1.165) is 11.3 Å². The molecule has 0 saturated carbocycles. The summed E-state index contributed by atoms with van der Waals surface area (Å²) >= 11 is 0. The van der Waals surface area contributed by atoms with Gasteiger partial charge < -0.3 is 13.9 Å². The zero-order valence-corrected chi connectivity index (χ0v) is 9.90. The Morgan fingerprint density at radius 1 is 1.27 bits per heavy atom. The van der Waals surface area contributed by atoms with Crippen LogP contribution in [0.3, 0.4) is 0 Å². The smallest absolute Gasteiger partial charge is 0.376 e. The van der Waals surface area contributed by atoms with Crippen molar-refractivity contribution in [3.05, 3.63) is 36.4 Å². The summed E-state index contributed by atoms with van der Waals surface area (Å²) < 4.78 is 15.6. The van der Waals surface area contributed by atoms with Crippen molar-refractivity contribution in [1.29, 1.82) is 0 Å². The van der Waals surface area contributed by atoms with Crippen molar-refractivity contribution < 1.29 is 13.9 Å². The number of rotatable bonds is 6. The molecule has 15 heavy (non-hydrogen) atoms. The van der Waals surface area contributed by atoms with E-state index in [1.807, 2.05) is 24.3 Å². The lowest BCUT2D eigenvalue weighted by Crippen LogP contribution is -2.26. The molecule has 0 aromatic heterocycles. The van der Waals surface area contributed by atoms with Crippen molar-refractivity contribution >= 4 is 15.8 Å². The van der Waals surface area contributed by atoms with E-state index in [1.165, 1.54) is 0 Å². The van der Waals surface area contributed by atoms with Gasteiger partial charge in [-0.05, 0) is 6.07 Å². The maximum Gasteiger partial charge on any atom is 0.376 e. The fraction of sp³-hybridized carbons (Fsp3) is 0.273. The molecule has 0 saturated heterocycles. The molecule has 0 spiro atoms. The third-order valence-corrected chi connectivity index (χ3v) is 2.83. The van der Waals surface area contributed by atoms with Crippen molar-refractivity contribution in [2.45, 2.75) is 5.91 Å². The molecule has 0 aliphatic carbocycles. The van der Waals surface area contributed by atoms with Gasteiger partial charge in [-0.25, -0.2) is 0 Å². The number of hydrogen-bond donors (Lipinski definition) is 0. The number of para-hydroxylation sites is 1. The Balaban J connectivity index is 2.60. The highest BCUT2D eigenvalue weighted by atomic mass is 28.2. The van der Waals surface area contributed by atoms with E-state index in [1.54, 1.807) is 20.3 Å². The van der Waals surface area contributed by atoms with Crippen LogP contribution in [0.5, 0.6) is 5.75 Å².